The van der Waals surface area contributed by atoms with Crippen molar-refractivity contribution in [2.24, 2.45) is 0 Å². The van der Waals surface area contributed by atoms with Crippen LogP contribution in [0.3, 0.4) is 0 Å². The highest BCUT2D eigenvalue weighted by molar-refractivity contribution is 0.825. The first-order chi connectivity index (χ1) is 0. The van der Waals surface area contributed by atoms with Crippen molar-refractivity contribution in [3.63, 3.8) is 0 Å². The lowest BCUT2D eigenvalue weighted by Gasteiger charge is -1.00. The summed E-state index contributed by atoms with van der Waals surface area (Å²) in [6.45, 7) is 0. The molecule has 0 saturated heterocycles. The van der Waals surface area contributed by atoms with Crippen molar-refractivity contribution in [3.8, 4) is 0 Å². The second kappa shape index (κ2) is 87.5. The first-order valence-corrected chi connectivity index (χ1v) is 0. The number of hydrogen-bond donors (Lipinski definition) is 0. The van der Waals surface area contributed by atoms with Crippen molar-refractivity contribution >= 4 is 0 Å². The Hall–Kier alpha value is 0.500. The first-order valence-electron chi connectivity index (χ1n) is 0. The van der Waals surface area contributed by atoms with Gasteiger partial charge in [-0.2, -0.15) is 0 Å². The summed E-state index contributed by atoms with van der Waals surface area (Å²) in [5, 5.41) is 0. The van der Waals surface area contributed by atoms with Gasteiger partial charge < -0.3 is 35.8 Å². The predicted octanol–water partition coefficient (Wildman–Crippen LogP) is -7.64. The first kappa shape index (κ1) is 221. The molecule has 0 aromatic rings. The second-order valence-electron chi connectivity index (χ2n) is 0. The Kier molecular flexibility index (Phi) is 4820. The molecule has 4 N–H and O–H groups in total. The van der Waals surface area contributed by atoms with E-state index < -0.39 is 0 Å². The number of halogens is 2. The van der Waals surface area contributed by atoms with E-state index in [0.717, 1.165) is 0 Å². The zero-order chi connectivity index (χ0) is 0. The highest BCUT2D eigenvalue weighted by atomic mass is 35.5. The maximum absolute atomic E-state index is 0. The smallest absolute Gasteiger partial charge is 0.412 e. The molecule has 4 heavy (non-hydrogen) atoms. The predicted molar refractivity (Wildman–Crippen MR) is 7.23 cm³/mol. The van der Waals surface area contributed by atoms with Crippen molar-refractivity contribution in [1.82, 2.24) is 0 Å². The van der Waals surface area contributed by atoms with E-state index in [0.29, 0.717) is 0 Å². The molecule has 0 amide bonds. The molecule has 0 radical (unpaired) electrons. The fourth-order valence-electron chi connectivity index (χ4n) is 0. The average molecular weight is 107 g/mol. The highest BCUT2D eigenvalue weighted by Crippen LogP contribution is -0.288. The van der Waals surface area contributed by atoms with Crippen molar-refractivity contribution in [2.75, 3.05) is 0 Å². The van der Waals surface area contributed by atoms with Crippen LogP contribution in [0.5, 0.6) is 0 Å². The monoisotopic (exact) mass is 106 g/mol. The fraction of sp³-hybridized carbons (Fsp3) is 0. The maximum atomic E-state index is 0. The molecule has 0 heterocycles. The molecule has 0 fully saturated rings. The van der Waals surface area contributed by atoms with E-state index in [4.69, 9.17) is 0 Å². The zero-order valence-corrected chi connectivity index (χ0v) is 3.27. The summed E-state index contributed by atoms with van der Waals surface area (Å²) in [5.74, 6) is 0. The zero-order valence-electron chi connectivity index (χ0n) is 1.76. The summed E-state index contributed by atoms with van der Waals surface area (Å²) in [4.78, 5) is 0. The fourth-order valence-corrected chi connectivity index (χ4v) is 0. The molecule has 0 aromatic carbocycles. The van der Waals surface area contributed by atoms with Crippen molar-refractivity contribution in [2.45, 2.75) is 0 Å². The summed E-state index contributed by atoms with van der Waals surface area (Å²) in [6, 6.07) is 0. The number of rotatable bonds is 0. The van der Waals surface area contributed by atoms with Gasteiger partial charge in [-0.3, -0.25) is 0 Å². The molecule has 0 aliphatic rings. The molecule has 0 bridgehead atoms. The Balaban J connectivity index is 0. The summed E-state index contributed by atoms with van der Waals surface area (Å²) >= 11 is 0. The molecular weight excluding hydrogens is 103 g/mol. The van der Waals surface area contributed by atoms with Gasteiger partial charge in [0.25, 0.3) is 0 Å². The van der Waals surface area contributed by atoms with Gasteiger partial charge in [0.15, 0.2) is 0 Å². The van der Waals surface area contributed by atoms with E-state index in [1.807, 2.05) is 0 Å². The van der Waals surface area contributed by atoms with Gasteiger partial charge in [0.1, 0.15) is 0 Å². The van der Waals surface area contributed by atoms with Crippen molar-refractivity contribution in [1.29, 1.82) is 0 Å². The van der Waals surface area contributed by atoms with E-state index in [1.54, 1.807) is 0 Å². The van der Waals surface area contributed by atoms with Crippen LogP contribution in [0.2, 0.25) is 0 Å². The third-order valence-corrected chi connectivity index (χ3v) is 0. The Morgan fingerprint density at radius 2 is 0.500 bits per heavy atom. The summed E-state index contributed by atoms with van der Waals surface area (Å²) < 4.78 is 0. The molecular formula is H4Cl2O2-2. The molecule has 4 heteroatoms. The third kappa shape index (κ3) is 22.5. The molecule has 2 nitrogen and oxygen atoms in total. The summed E-state index contributed by atoms with van der Waals surface area (Å²) in [5.41, 5.74) is 0. The van der Waals surface area contributed by atoms with Crippen LogP contribution in [0.25, 0.3) is 0 Å². The minimum atomic E-state index is 0. The lowest BCUT2D eigenvalue weighted by molar-refractivity contribution is -0.00100. The lowest BCUT2D eigenvalue weighted by Crippen LogP contribution is -3.00. The summed E-state index contributed by atoms with van der Waals surface area (Å²) in [7, 11) is 0. The average Bonchev–Trinajstić information content (AvgIpc) is 0. The Labute approximate surface area is 36.6 Å². The van der Waals surface area contributed by atoms with Crippen LogP contribution in [0.1, 0.15) is 0 Å². The van der Waals surface area contributed by atoms with E-state index in [-0.39, 0.29) is 35.8 Å². The molecule has 0 spiro atoms. The van der Waals surface area contributed by atoms with Gasteiger partial charge in [-0.1, -0.05) is 0 Å². The second-order valence-corrected chi connectivity index (χ2v) is 0. The van der Waals surface area contributed by atoms with Gasteiger partial charge in [-0.15, -0.1) is 0 Å². The maximum Gasteiger partial charge on any atom is -0.412 e. The minimum Gasteiger partial charge on any atom is -1.00 e. The van der Waals surface area contributed by atoms with Gasteiger partial charge in [0.05, 0.1) is 0 Å². The van der Waals surface area contributed by atoms with E-state index in [9.17, 15) is 0 Å². The molecule has 32 valence electrons. The van der Waals surface area contributed by atoms with Gasteiger partial charge in [-0.05, 0) is 0 Å². The van der Waals surface area contributed by atoms with Crippen LogP contribution >= 0.6 is 0 Å². The van der Waals surface area contributed by atoms with Crippen LogP contribution in [-0.4, -0.2) is 11.0 Å². The Morgan fingerprint density at radius 3 is 0.500 bits per heavy atom. The molecule has 0 aliphatic carbocycles. The minimum absolute atomic E-state index is 0. The standard InChI is InChI=1S/2ClH.2H2O/h2*1H;2*1H2/p-2. The molecule has 0 rings (SSSR count). The van der Waals surface area contributed by atoms with Gasteiger partial charge in [-0.25, -0.2) is 0 Å². The highest BCUT2D eigenvalue weighted by Gasteiger charge is -0.411. The lowest BCUT2D eigenvalue weighted by atomic mass is 16.0. The van der Waals surface area contributed by atoms with E-state index in [1.165, 1.54) is 0 Å². The number of hydrogen-bond acceptors (Lipinski definition) is 0. The topological polar surface area (TPSA) is 63.0 Å². The van der Waals surface area contributed by atoms with Gasteiger partial charge in [0, 0.05) is 0 Å². The van der Waals surface area contributed by atoms with Crippen LogP contribution in [0.4, 0.5) is 0 Å². The molecule has 0 saturated carbocycles. The van der Waals surface area contributed by atoms with Crippen molar-refractivity contribution < 1.29 is 35.8 Å². The SMILES string of the molecule is O.O.[Cl-].[Cl-]. The van der Waals surface area contributed by atoms with E-state index in [2.05, 4.69) is 0 Å². The van der Waals surface area contributed by atoms with Gasteiger partial charge in [0.2, 0.25) is 0 Å². The quantitative estimate of drug-likeness (QED) is 0.295. The normalized spacial score (nSPS) is 0. The van der Waals surface area contributed by atoms with Gasteiger partial charge >= 0.3 is 0 Å². The van der Waals surface area contributed by atoms with E-state index >= 15 is 0 Å². The molecule has 0 aromatic heterocycles. The van der Waals surface area contributed by atoms with Crippen LogP contribution in [0.15, 0.2) is 0 Å². The van der Waals surface area contributed by atoms with Crippen LogP contribution in [-0.2, 0) is 0 Å². The largest absolute Gasteiger partial charge is 1.00 e. The van der Waals surface area contributed by atoms with Crippen LogP contribution in [0, 0.1) is 0 Å². The molecule has 0 atom stereocenters. The summed E-state index contributed by atoms with van der Waals surface area (Å²) in [6.07, 6.45) is 0. The molecule has 0 aliphatic heterocycles. The Morgan fingerprint density at radius 1 is 0.500 bits per heavy atom. The Bertz CT molecular complexity index is 4.00. The third-order valence-electron chi connectivity index (χ3n) is 0. The van der Waals surface area contributed by atoms with Crippen molar-refractivity contribution in [3.05, 3.63) is 0 Å². The molecule has 0 unspecified atom stereocenters. The van der Waals surface area contributed by atoms with Crippen LogP contribution < -0.4 is 24.8 Å².